The number of amides is 1. The number of fused-ring (bicyclic) bond motifs is 1. The molecule has 1 amide bonds. The monoisotopic (exact) mass is 322 g/mol. The SMILES string of the molecule is Cc1cc(=O)oc2cc(NC(=O)c3cccc(N(C)C)c3)ccc12. The van der Waals surface area contributed by atoms with Gasteiger partial charge in [0.1, 0.15) is 5.58 Å². The highest BCUT2D eigenvalue weighted by atomic mass is 16.4. The Hall–Kier alpha value is -3.08. The zero-order chi connectivity index (χ0) is 17.3. The molecule has 0 unspecified atom stereocenters. The van der Waals surface area contributed by atoms with Gasteiger partial charge in [-0.05, 0) is 42.8 Å². The predicted molar refractivity (Wildman–Crippen MR) is 95.9 cm³/mol. The molecule has 0 saturated heterocycles. The minimum absolute atomic E-state index is 0.215. The minimum Gasteiger partial charge on any atom is -0.423 e. The summed E-state index contributed by atoms with van der Waals surface area (Å²) >= 11 is 0. The predicted octanol–water partition coefficient (Wildman–Crippen LogP) is 3.42. The summed E-state index contributed by atoms with van der Waals surface area (Å²) in [7, 11) is 3.84. The molecule has 3 rings (SSSR count). The molecule has 0 atom stereocenters. The smallest absolute Gasteiger partial charge is 0.336 e. The fraction of sp³-hybridized carbons (Fsp3) is 0.158. The van der Waals surface area contributed by atoms with E-state index in [1.807, 2.05) is 50.2 Å². The molecule has 0 radical (unpaired) electrons. The third-order valence-corrected chi connectivity index (χ3v) is 3.83. The van der Waals surface area contributed by atoms with Crippen molar-refractivity contribution < 1.29 is 9.21 Å². The quantitative estimate of drug-likeness (QED) is 0.751. The van der Waals surface area contributed by atoms with Crippen molar-refractivity contribution in [1.29, 1.82) is 0 Å². The zero-order valence-electron chi connectivity index (χ0n) is 13.8. The molecular formula is C19H18N2O3. The van der Waals surface area contributed by atoms with E-state index in [-0.39, 0.29) is 5.91 Å². The zero-order valence-corrected chi connectivity index (χ0v) is 13.8. The molecule has 0 aliphatic carbocycles. The van der Waals surface area contributed by atoms with E-state index >= 15 is 0 Å². The normalized spacial score (nSPS) is 10.6. The van der Waals surface area contributed by atoms with Gasteiger partial charge in [0.15, 0.2) is 0 Å². The number of hydrogen-bond acceptors (Lipinski definition) is 4. The van der Waals surface area contributed by atoms with E-state index in [1.165, 1.54) is 6.07 Å². The lowest BCUT2D eigenvalue weighted by molar-refractivity contribution is 0.102. The Kier molecular flexibility index (Phi) is 4.08. The van der Waals surface area contributed by atoms with E-state index in [9.17, 15) is 9.59 Å². The molecule has 122 valence electrons. The van der Waals surface area contributed by atoms with Gasteiger partial charge in [-0.25, -0.2) is 4.79 Å². The van der Waals surface area contributed by atoms with Gasteiger partial charge in [-0.3, -0.25) is 4.79 Å². The van der Waals surface area contributed by atoms with E-state index in [4.69, 9.17) is 4.42 Å². The molecule has 1 N–H and O–H groups in total. The molecular weight excluding hydrogens is 304 g/mol. The molecule has 1 aromatic heterocycles. The highest BCUT2D eigenvalue weighted by molar-refractivity contribution is 6.05. The average molecular weight is 322 g/mol. The van der Waals surface area contributed by atoms with Crippen molar-refractivity contribution in [3.63, 3.8) is 0 Å². The Morgan fingerprint density at radius 1 is 1.08 bits per heavy atom. The maximum atomic E-state index is 12.4. The van der Waals surface area contributed by atoms with Crippen LogP contribution in [0.4, 0.5) is 11.4 Å². The number of hydrogen-bond donors (Lipinski definition) is 1. The first-order valence-electron chi connectivity index (χ1n) is 7.57. The molecule has 5 nitrogen and oxygen atoms in total. The number of benzene rings is 2. The first-order chi connectivity index (χ1) is 11.4. The molecule has 0 bridgehead atoms. The van der Waals surface area contributed by atoms with Crippen LogP contribution in [0.2, 0.25) is 0 Å². The van der Waals surface area contributed by atoms with Gasteiger partial charge in [0.05, 0.1) is 0 Å². The fourth-order valence-electron chi connectivity index (χ4n) is 2.53. The second kappa shape index (κ2) is 6.20. The Morgan fingerprint density at radius 2 is 1.88 bits per heavy atom. The summed E-state index contributed by atoms with van der Waals surface area (Å²) in [6.07, 6.45) is 0. The Balaban J connectivity index is 1.90. The maximum absolute atomic E-state index is 12.4. The van der Waals surface area contributed by atoms with Crippen LogP contribution in [0, 0.1) is 6.92 Å². The Morgan fingerprint density at radius 3 is 2.62 bits per heavy atom. The van der Waals surface area contributed by atoms with Crippen LogP contribution in [0.15, 0.2) is 57.7 Å². The third kappa shape index (κ3) is 3.15. The first kappa shape index (κ1) is 15.8. The number of carbonyl (C=O) groups is 1. The van der Waals surface area contributed by atoms with E-state index in [1.54, 1.807) is 18.2 Å². The standard InChI is InChI=1S/C19H18N2O3/c1-12-9-18(22)24-17-11-14(7-8-16(12)17)20-19(23)13-5-4-6-15(10-13)21(2)3/h4-11H,1-3H3,(H,20,23). The molecule has 3 aromatic rings. The van der Waals surface area contributed by atoms with Crippen molar-refractivity contribution in [2.24, 2.45) is 0 Å². The number of nitrogens with one attached hydrogen (secondary N) is 1. The molecule has 0 aliphatic rings. The van der Waals surface area contributed by atoms with Crippen LogP contribution >= 0.6 is 0 Å². The largest absolute Gasteiger partial charge is 0.423 e. The highest BCUT2D eigenvalue weighted by Crippen LogP contribution is 2.21. The molecule has 1 heterocycles. The second-order valence-electron chi connectivity index (χ2n) is 5.86. The van der Waals surface area contributed by atoms with Gasteiger partial charge in [-0.1, -0.05) is 6.07 Å². The van der Waals surface area contributed by atoms with Crippen molar-refractivity contribution in [2.75, 3.05) is 24.3 Å². The molecule has 0 spiro atoms. The van der Waals surface area contributed by atoms with Crippen molar-refractivity contribution in [3.05, 3.63) is 70.1 Å². The molecule has 0 fully saturated rings. The topological polar surface area (TPSA) is 62.6 Å². The number of anilines is 2. The van der Waals surface area contributed by atoms with Gasteiger partial charge in [0.25, 0.3) is 5.91 Å². The van der Waals surface area contributed by atoms with Crippen LogP contribution in [-0.4, -0.2) is 20.0 Å². The van der Waals surface area contributed by atoms with Crippen LogP contribution in [-0.2, 0) is 0 Å². The van der Waals surface area contributed by atoms with Crippen LogP contribution in [0.25, 0.3) is 11.0 Å². The van der Waals surface area contributed by atoms with Crippen molar-refractivity contribution in [3.8, 4) is 0 Å². The summed E-state index contributed by atoms with van der Waals surface area (Å²) in [6.45, 7) is 1.85. The Labute approximate surface area is 139 Å². The summed E-state index contributed by atoms with van der Waals surface area (Å²) in [5.41, 5.74) is 2.99. The number of aryl methyl sites for hydroxylation is 1. The van der Waals surface area contributed by atoms with E-state index in [0.717, 1.165) is 16.6 Å². The van der Waals surface area contributed by atoms with Crippen LogP contribution in [0.3, 0.4) is 0 Å². The van der Waals surface area contributed by atoms with E-state index in [0.29, 0.717) is 16.8 Å². The van der Waals surface area contributed by atoms with Crippen LogP contribution in [0.1, 0.15) is 15.9 Å². The number of nitrogens with zero attached hydrogens (tertiary/aromatic N) is 1. The molecule has 5 heteroatoms. The summed E-state index contributed by atoms with van der Waals surface area (Å²) in [5, 5.41) is 3.69. The average Bonchev–Trinajstić information content (AvgIpc) is 2.54. The lowest BCUT2D eigenvalue weighted by atomic mass is 10.1. The molecule has 2 aromatic carbocycles. The summed E-state index contributed by atoms with van der Waals surface area (Å²) in [6, 6.07) is 14.1. The van der Waals surface area contributed by atoms with E-state index in [2.05, 4.69) is 5.32 Å². The van der Waals surface area contributed by atoms with Crippen molar-refractivity contribution in [1.82, 2.24) is 0 Å². The maximum Gasteiger partial charge on any atom is 0.336 e. The lowest BCUT2D eigenvalue weighted by Gasteiger charge is -2.13. The number of rotatable bonds is 3. The van der Waals surface area contributed by atoms with Gasteiger partial charge < -0.3 is 14.6 Å². The van der Waals surface area contributed by atoms with E-state index < -0.39 is 5.63 Å². The first-order valence-corrected chi connectivity index (χ1v) is 7.57. The highest BCUT2D eigenvalue weighted by Gasteiger charge is 2.09. The summed E-state index contributed by atoms with van der Waals surface area (Å²) in [5.74, 6) is -0.215. The van der Waals surface area contributed by atoms with Gasteiger partial charge >= 0.3 is 5.63 Å². The fourth-order valence-corrected chi connectivity index (χ4v) is 2.53. The van der Waals surface area contributed by atoms with Gasteiger partial charge in [0, 0.05) is 48.6 Å². The minimum atomic E-state index is -0.401. The summed E-state index contributed by atoms with van der Waals surface area (Å²) < 4.78 is 5.21. The third-order valence-electron chi connectivity index (χ3n) is 3.83. The van der Waals surface area contributed by atoms with Crippen LogP contribution < -0.4 is 15.8 Å². The number of carbonyl (C=O) groups excluding carboxylic acids is 1. The van der Waals surface area contributed by atoms with Gasteiger partial charge in [0.2, 0.25) is 0 Å². The lowest BCUT2D eigenvalue weighted by Crippen LogP contribution is -2.14. The second-order valence-corrected chi connectivity index (χ2v) is 5.86. The van der Waals surface area contributed by atoms with Crippen molar-refractivity contribution in [2.45, 2.75) is 6.92 Å². The van der Waals surface area contributed by atoms with Crippen LogP contribution in [0.5, 0.6) is 0 Å². The van der Waals surface area contributed by atoms with Gasteiger partial charge in [-0.15, -0.1) is 0 Å². The Bertz CT molecular complexity index is 974. The molecule has 0 aliphatic heterocycles. The molecule has 24 heavy (non-hydrogen) atoms. The summed E-state index contributed by atoms with van der Waals surface area (Å²) in [4.78, 5) is 25.9. The van der Waals surface area contributed by atoms with Gasteiger partial charge in [-0.2, -0.15) is 0 Å². The van der Waals surface area contributed by atoms with Crippen molar-refractivity contribution >= 4 is 28.3 Å². The molecule has 0 saturated carbocycles.